The fourth-order valence-electron chi connectivity index (χ4n) is 1.94. The van der Waals surface area contributed by atoms with Crippen molar-refractivity contribution in [2.45, 2.75) is 39.1 Å². The third kappa shape index (κ3) is 1.82. The van der Waals surface area contributed by atoms with E-state index in [0.717, 1.165) is 4.90 Å². The summed E-state index contributed by atoms with van der Waals surface area (Å²) < 4.78 is 13.5. The van der Waals surface area contributed by atoms with Gasteiger partial charge in [0.05, 0.1) is 12.6 Å². The lowest BCUT2D eigenvalue weighted by Crippen LogP contribution is -2.46. The molecule has 14 heavy (non-hydrogen) atoms. The maximum atomic E-state index is 13.5. The van der Waals surface area contributed by atoms with Gasteiger partial charge in [-0.25, -0.2) is 9.18 Å². The van der Waals surface area contributed by atoms with Crippen LogP contribution in [0.5, 0.6) is 0 Å². The number of halogens is 1. The van der Waals surface area contributed by atoms with Gasteiger partial charge in [0, 0.05) is 0 Å². The van der Waals surface area contributed by atoms with E-state index in [1.54, 1.807) is 20.8 Å². The second-order valence-electron chi connectivity index (χ2n) is 4.76. The number of likely N-dealkylation sites (tertiary alicyclic amines) is 1. The lowest BCUT2D eigenvalue weighted by atomic mass is 9.84. The molecular weight excluding hydrogens is 189 g/mol. The molecule has 0 bridgehead atoms. The van der Waals surface area contributed by atoms with Crippen molar-refractivity contribution in [2.75, 3.05) is 6.54 Å². The SMILES string of the molecule is CC(C)(C)C1[C@@H](F)[C@H](O)CN1C(=O)O. The highest BCUT2D eigenvalue weighted by Crippen LogP contribution is 2.34. The Kier molecular flexibility index (Phi) is 2.71. The van der Waals surface area contributed by atoms with Gasteiger partial charge in [-0.2, -0.15) is 0 Å². The van der Waals surface area contributed by atoms with Crippen molar-refractivity contribution in [3.8, 4) is 0 Å². The van der Waals surface area contributed by atoms with Gasteiger partial charge in [0.2, 0.25) is 0 Å². The molecule has 1 rings (SSSR count). The number of aliphatic hydroxyl groups is 1. The number of rotatable bonds is 0. The number of alkyl halides is 1. The number of nitrogens with zero attached hydrogens (tertiary/aromatic N) is 1. The Labute approximate surface area is 82.3 Å². The summed E-state index contributed by atoms with van der Waals surface area (Å²) in [5.41, 5.74) is -0.505. The highest BCUT2D eigenvalue weighted by molar-refractivity contribution is 5.66. The topological polar surface area (TPSA) is 60.8 Å². The molecule has 1 heterocycles. The van der Waals surface area contributed by atoms with E-state index in [2.05, 4.69) is 0 Å². The van der Waals surface area contributed by atoms with Crippen LogP contribution in [0.15, 0.2) is 0 Å². The van der Waals surface area contributed by atoms with Gasteiger partial charge < -0.3 is 10.2 Å². The molecule has 0 spiro atoms. The number of carboxylic acid groups (broad SMARTS) is 1. The van der Waals surface area contributed by atoms with Crippen LogP contribution in [0.2, 0.25) is 0 Å². The third-order valence-electron chi connectivity index (χ3n) is 2.52. The summed E-state index contributed by atoms with van der Waals surface area (Å²) in [6.45, 7) is 5.15. The van der Waals surface area contributed by atoms with Crippen LogP contribution in [0.25, 0.3) is 0 Å². The Bertz CT molecular complexity index is 239. The first-order valence-electron chi connectivity index (χ1n) is 4.57. The molecule has 0 aliphatic carbocycles. The molecule has 3 atom stereocenters. The smallest absolute Gasteiger partial charge is 0.407 e. The normalized spacial score (nSPS) is 33.5. The number of β-amino-alcohol motifs (C(OH)–C–C–N with tert-alkyl or cyclic N) is 1. The molecule has 82 valence electrons. The third-order valence-corrected chi connectivity index (χ3v) is 2.52. The minimum atomic E-state index is -1.49. The molecule has 0 radical (unpaired) electrons. The Morgan fingerprint density at radius 2 is 2.00 bits per heavy atom. The standard InChI is InChI=1S/C9H16FNO3/c1-9(2,3)7-6(10)5(12)4-11(7)8(13)14/h5-7,12H,4H2,1-3H3,(H,13,14)/t5-,6+,7?/m1/s1. The second-order valence-corrected chi connectivity index (χ2v) is 4.76. The summed E-state index contributed by atoms with van der Waals surface area (Å²) >= 11 is 0. The van der Waals surface area contributed by atoms with Crippen molar-refractivity contribution in [2.24, 2.45) is 5.41 Å². The van der Waals surface area contributed by atoms with E-state index in [0.29, 0.717) is 0 Å². The van der Waals surface area contributed by atoms with Crippen LogP contribution in [0.1, 0.15) is 20.8 Å². The van der Waals surface area contributed by atoms with E-state index < -0.39 is 29.8 Å². The van der Waals surface area contributed by atoms with Crippen LogP contribution in [-0.4, -0.2) is 46.1 Å². The molecule has 1 amide bonds. The summed E-state index contributed by atoms with van der Waals surface area (Å²) in [7, 11) is 0. The first-order valence-corrected chi connectivity index (χ1v) is 4.57. The van der Waals surface area contributed by atoms with Crippen molar-refractivity contribution >= 4 is 6.09 Å². The van der Waals surface area contributed by atoms with Crippen LogP contribution in [0.4, 0.5) is 9.18 Å². The molecule has 5 heteroatoms. The molecule has 1 aliphatic heterocycles. The molecule has 4 nitrogen and oxygen atoms in total. The Hall–Kier alpha value is -0.840. The van der Waals surface area contributed by atoms with E-state index in [1.807, 2.05) is 0 Å². The van der Waals surface area contributed by atoms with Crippen molar-refractivity contribution in [3.05, 3.63) is 0 Å². The van der Waals surface area contributed by atoms with Gasteiger partial charge in [-0.1, -0.05) is 20.8 Å². The van der Waals surface area contributed by atoms with Gasteiger partial charge in [0.25, 0.3) is 0 Å². The fraction of sp³-hybridized carbons (Fsp3) is 0.889. The first-order chi connectivity index (χ1) is 6.25. The van der Waals surface area contributed by atoms with Crippen molar-refractivity contribution in [3.63, 3.8) is 0 Å². The van der Waals surface area contributed by atoms with Gasteiger partial charge >= 0.3 is 6.09 Å². The average molecular weight is 205 g/mol. The number of hydrogen-bond acceptors (Lipinski definition) is 2. The minimum absolute atomic E-state index is 0.140. The fourth-order valence-corrected chi connectivity index (χ4v) is 1.94. The van der Waals surface area contributed by atoms with Gasteiger partial charge in [-0.05, 0) is 5.41 Å². The lowest BCUT2D eigenvalue weighted by molar-refractivity contribution is 0.0629. The molecule has 1 fully saturated rings. The zero-order chi connectivity index (χ0) is 11.1. The number of carbonyl (C=O) groups is 1. The Balaban J connectivity index is 2.93. The molecule has 2 N–H and O–H groups in total. The predicted octanol–water partition coefficient (Wildman–Crippen LogP) is 1.09. The molecule has 1 saturated heterocycles. The molecule has 0 aromatic rings. The van der Waals surface area contributed by atoms with Crippen LogP contribution in [-0.2, 0) is 0 Å². The predicted molar refractivity (Wildman–Crippen MR) is 48.9 cm³/mol. The van der Waals surface area contributed by atoms with Crippen LogP contribution in [0.3, 0.4) is 0 Å². The monoisotopic (exact) mass is 205 g/mol. The zero-order valence-electron chi connectivity index (χ0n) is 8.57. The first kappa shape index (κ1) is 11.2. The van der Waals surface area contributed by atoms with Crippen molar-refractivity contribution in [1.82, 2.24) is 4.90 Å². The summed E-state index contributed by atoms with van der Waals surface area (Å²) in [5.74, 6) is 0. The zero-order valence-corrected chi connectivity index (χ0v) is 8.57. The van der Waals surface area contributed by atoms with Crippen molar-refractivity contribution < 1.29 is 19.4 Å². The Morgan fingerprint density at radius 3 is 2.29 bits per heavy atom. The molecule has 1 unspecified atom stereocenters. The lowest BCUT2D eigenvalue weighted by Gasteiger charge is -2.33. The molecule has 1 aliphatic rings. The van der Waals surface area contributed by atoms with Crippen LogP contribution in [0, 0.1) is 5.41 Å². The summed E-state index contributed by atoms with van der Waals surface area (Å²) in [6, 6.07) is -0.769. The van der Waals surface area contributed by atoms with Crippen LogP contribution >= 0.6 is 0 Å². The van der Waals surface area contributed by atoms with E-state index in [4.69, 9.17) is 5.11 Å². The van der Waals surface area contributed by atoms with E-state index >= 15 is 0 Å². The van der Waals surface area contributed by atoms with Gasteiger partial charge in [-0.3, -0.25) is 4.90 Å². The molecule has 0 aromatic heterocycles. The maximum absolute atomic E-state index is 13.5. The maximum Gasteiger partial charge on any atom is 0.407 e. The number of aliphatic hydroxyl groups excluding tert-OH is 1. The van der Waals surface area contributed by atoms with E-state index in [1.165, 1.54) is 0 Å². The summed E-state index contributed by atoms with van der Waals surface area (Å²) in [5, 5.41) is 18.1. The number of amides is 1. The molecular formula is C9H16FNO3. The molecule has 0 saturated carbocycles. The van der Waals surface area contributed by atoms with E-state index in [-0.39, 0.29) is 6.54 Å². The second kappa shape index (κ2) is 3.38. The minimum Gasteiger partial charge on any atom is -0.465 e. The summed E-state index contributed by atoms with van der Waals surface area (Å²) in [6.07, 6.45) is -3.87. The van der Waals surface area contributed by atoms with Gasteiger partial charge in [0.15, 0.2) is 0 Å². The van der Waals surface area contributed by atoms with E-state index in [9.17, 15) is 14.3 Å². The molecule has 0 aromatic carbocycles. The summed E-state index contributed by atoms with van der Waals surface area (Å²) in [4.78, 5) is 11.8. The van der Waals surface area contributed by atoms with Gasteiger partial charge in [-0.15, -0.1) is 0 Å². The quantitative estimate of drug-likeness (QED) is 0.622. The largest absolute Gasteiger partial charge is 0.465 e. The highest BCUT2D eigenvalue weighted by atomic mass is 19.1. The average Bonchev–Trinajstić information content (AvgIpc) is 2.27. The highest BCUT2D eigenvalue weighted by Gasteiger charge is 2.49. The van der Waals surface area contributed by atoms with Gasteiger partial charge in [0.1, 0.15) is 12.3 Å². The van der Waals surface area contributed by atoms with Crippen LogP contribution < -0.4 is 0 Å². The Morgan fingerprint density at radius 1 is 1.50 bits per heavy atom. The van der Waals surface area contributed by atoms with Crippen molar-refractivity contribution in [1.29, 1.82) is 0 Å². The number of hydrogen-bond donors (Lipinski definition) is 2.